The van der Waals surface area contributed by atoms with E-state index in [1.54, 1.807) is 0 Å². The van der Waals surface area contributed by atoms with E-state index in [-0.39, 0.29) is 0 Å². The molecule has 1 heteroatoms. The predicted octanol–water partition coefficient (Wildman–Crippen LogP) is 14.4. The molecule has 0 spiro atoms. The normalized spacial score (nSPS) is 10.2. The van der Waals surface area contributed by atoms with Crippen molar-refractivity contribution in [2.75, 3.05) is 0 Å². The van der Waals surface area contributed by atoms with Crippen molar-refractivity contribution >= 4 is 28.6 Å². The van der Waals surface area contributed by atoms with E-state index < -0.39 is 0 Å². The average molecular weight is 620 g/mol. The highest BCUT2D eigenvalue weighted by molar-refractivity contribution is 5.88. The fourth-order valence-corrected chi connectivity index (χ4v) is 4.54. The molecule has 0 radical (unpaired) electrons. The molecule has 4 aromatic carbocycles. The summed E-state index contributed by atoms with van der Waals surface area (Å²) in [5, 5.41) is 1.31. The van der Waals surface area contributed by atoms with E-state index in [2.05, 4.69) is 145 Å². The van der Waals surface area contributed by atoms with Gasteiger partial charge in [0.05, 0.1) is 0 Å². The molecule has 0 aliphatic heterocycles. The standard InChI is InChI=1S/C15H12.C9H9N.C9H8.6C2H6/c1-2-6-12(7-3-1)15-10-13-8-4-5-9-14(13)11-15;1-10-7-6-8-4-2-3-5-9(8)10;1-2-5-9-7-3-6-8(9)4-1;6*1-2/h1-10H,11H2;2-7H,1H3;1-6H,7H2;6*1-2H3. The van der Waals surface area contributed by atoms with Crippen LogP contribution in [0, 0.1) is 0 Å². The Morgan fingerprint density at radius 2 is 0.978 bits per heavy atom. The monoisotopic (exact) mass is 620 g/mol. The first kappa shape index (κ1) is 44.0. The number of hydrogen-bond donors (Lipinski definition) is 0. The van der Waals surface area contributed by atoms with Gasteiger partial charge in [-0.25, -0.2) is 0 Å². The third-order valence-corrected chi connectivity index (χ3v) is 6.40. The number of fused-ring (bicyclic) bond motifs is 3. The zero-order valence-electron chi connectivity index (χ0n) is 31.6. The number of rotatable bonds is 1. The number of benzene rings is 4. The Bertz CT molecular complexity index is 1450. The second-order valence-electron chi connectivity index (χ2n) is 8.70. The molecule has 0 fully saturated rings. The van der Waals surface area contributed by atoms with E-state index in [0.29, 0.717) is 0 Å². The third-order valence-electron chi connectivity index (χ3n) is 6.40. The molecule has 0 atom stereocenters. The number of hydrogen-bond acceptors (Lipinski definition) is 0. The zero-order chi connectivity index (χ0) is 35.2. The lowest BCUT2D eigenvalue weighted by Gasteiger charge is -2.00. The summed E-state index contributed by atoms with van der Waals surface area (Å²) in [5.41, 5.74) is 9.72. The van der Waals surface area contributed by atoms with E-state index >= 15 is 0 Å². The molecule has 0 amide bonds. The van der Waals surface area contributed by atoms with Crippen molar-refractivity contribution in [1.29, 1.82) is 0 Å². The number of nitrogens with zero attached hydrogens (tertiary/aromatic N) is 1. The number of aromatic nitrogens is 1. The first-order chi connectivity index (χ1) is 22.8. The lowest BCUT2D eigenvalue weighted by atomic mass is 10.0. The summed E-state index contributed by atoms with van der Waals surface area (Å²) in [6.07, 6.45) is 10.9. The van der Waals surface area contributed by atoms with E-state index in [0.717, 1.165) is 12.8 Å². The van der Waals surface area contributed by atoms with Crippen LogP contribution in [0.25, 0.3) is 28.6 Å². The van der Waals surface area contributed by atoms with Gasteiger partial charge in [-0.2, -0.15) is 0 Å². The van der Waals surface area contributed by atoms with Gasteiger partial charge in [-0.1, -0.05) is 198 Å². The molecule has 1 aromatic heterocycles. The zero-order valence-corrected chi connectivity index (χ0v) is 31.6. The van der Waals surface area contributed by atoms with Gasteiger partial charge in [0.2, 0.25) is 0 Å². The second-order valence-corrected chi connectivity index (χ2v) is 8.70. The highest BCUT2D eigenvalue weighted by atomic mass is 14.9. The summed E-state index contributed by atoms with van der Waals surface area (Å²) >= 11 is 0. The van der Waals surface area contributed by atoms with Gasteiger partial charge >= 0.3 is 0 Å². The van der Waals surface area contributed by atoms with Crippen LogP contribution >= 0.6 is 0 Å². The molecule has 2 aliphatic carbocycles. The van der Waals surface area contributed by atoms with Crippen LogP contribution in [-0.4, -0.2) is 4.57 Å². The van der Waals surface area contributed by atoms with Crippen molar-refractivity contribution in [2.45, 2.75) is 95.9 Å². The van der Waals surface area contributed by atoms with E-state index in [9.17, 15) is 0 Å². The third kappa shape index (κ3) is 14.8. The molecule has 0 unspecified atom stereocenters. The number of aryl methyl sites for hydroxylation is 1. The van der Waals surface area contributed by atoms with Crippen molar-refractivity contribution < 1.29 is 0 Å². The summed E-state index contributed by atoms with van der Waals surface area (Å²) in [7, 11) is 2.06. The number of allylic oxidation sites excluding steroid dienone is 2. The first-order valence-electron chi connectivity index (χ1n) is 17.9. The van der Waals surface area contributed by atoms with Crippen molar-refractivity contribution in [1.82, 2.24) is 4.57 Å². The Labute approximate surface area is 284 Å². The molecule has 0 saturated carbocycles. The Hall–Kier alpha value is -4.10. The molecular formula is C45H65N. The van der Waals surface area contributed by atoms with Gasteiger partial charge < -0.3 is 4.57 Å². The lowest BCUT2D eigenvalue weighted by Crippen LogP contribution is -1.84. The molecule has 0 saturated heterocycles. The van der Waals surface area contributed by atoms with Gasteiger partial charge in [0, 0.05) is 18.8 Å². The van der Waals surface area contributed by atoms with E-state index in [1.807, 2.05) is 83.1 Å². The molecule has 1 heterocycles. The van der Waals surface area contributed by atoms with Crippen molar-refractivity contribution in [3.63, 3.8) is 0 Å². The molecular weight excluding hydrogens is 555 g/mol. The topological polar surface area (TPSA) is 4.93 Å². The largest absolute Gasteiger partial charge is 0.351 e. The Kier molecular flexibility index (Phi) is 28.3. The Balaban J connectivity index is 0. The van der Waals surface area contributed by atoms with Crippen LogP contribution in [0.2, 0.25) is 0 Å². The smallest absolute Gasteiger partial charge is 0.0477 e. The highest BCUT2D eigenvalue weighted by Crippen LogP contribution is 2.30. The molecule has 7 rings (SSSR count). The van der Waals surface area contributed by atoms with Gasteiger partial charge in [-0.3, -0.25) is 0 Å². The summed E-state index contributed by atoms with van der Waals surface area (Å²) in [6.45, 7) is 24.0. The van der Waals surface area contributed by atoms with Crippen LogP contribution < -0.4 is 0 Å². The molecule has 0 bridgehead atoms. The van der Waals surface area contributed by atoms with Gasteiger partial charge in [0.1, 0.15) is 0 Å². The second kappa shape index (κ2) is 29.6. The molecule has 250 valence electrons. The molecule has 5 aromatic rings. The summed E-state index contributed by atoms with van der Waals surface area (Å²) in [5.74, 6) is 0. The van der Waals surface area contributed by atoms with Crippen LogP contribution in [0.1, 0.15) is 111 Å². The van der Waals surface area contributed by atoms with E-state index in [4.69, 9.17) is 0 Å². The highest BCUT2D eigenvalue weighted by Gasteiger charge is 2.12. The summed E-state index contributed by atoms with van der Waals surface area (Å²) in [6, 6.07) is 38.2. The lowest BCUT2D eigenvalue weighted by molar-refractivity contribution is 0.969. The van der Waals surface area contributed by atoms with Gasteiger partial charge in [0.15, 0.2) is 0 Å². The number of para-hydroxylation sites is 1. The fourth-order valence-electron chi connectivity index (χ4n) is 4.54. The van der Waals surface area contributed by atoms with Crippen LogP contribution in [0.5, 0.6) is 0 Å². The SMILES string of the molecule is C1=C(c2ccccc2)Cc2ccccc21.C1=Cc2ccccc2C1.CC.CC.CC.CC.CC.CC.Cn1ccc2ccccc21. The minimum atomic E-state index is 1.07. The maximum absolute atomic E-state index is 2.30. The average Bonchev–Trinajstić information content (AvgIpc) is 3.93. The molecule has 0 N–H and O–H groups in total. The maximum atomic E-state index is 2.30. The van der Waals surface area contributed by atoms with Gasteiger partial charge in [-0.05, 0) is 63.8 Å². The predicted molar refractivity (Wildman–Crippen MR) is 215 cm³/mol. The minimum absolute atomic E-state index is 1.07. The van der Waals surface area contributed by atoms with Crippen molar-refractivity contribution in [3.05, 3.63) is 149 Å². The Morgan fingerprint density at radius 3 is 1.54 bits per heavy atom. The molecule has 46 heavy (non-hydrogen) atoms. The molecule has 2 aliphatic rings. The van der Waals surface area contributed by atoms with Crippen molar-refractivity contribution in [3.8, 4) is 0 Å². The fraction of sp³-hybridized carbons (Fsp3) is 0.333. The van der Waals surface area contributed by atoms with E-state index in [1.165, 1.54) is 44.3 Å². The first-order valence-corrected chi connectivity index (χ1v) is 17.9. The van der Waals surface area contributed by atoms with Crippen LogP contribution in [0.3, 0.4) is 0 Å². The summed E-state index contributed by atoms with van der Waals surface area (Å²) in [4.78, 5) is 0. The minimum Gasteiger partial charge on any atom is -0.351 e. The van der Waals surface area contributed by atoms with Crippen molar-refractivity contribution in [2.24, 2.45) is 7.05 Å². The maximum Gasteiger partial charge on any atom is 0.0477 e. The van der Waals surface area contributed by atoms with Crippen LogP contribution in [0.4, 0.5) is 0 Å². The van der Waals surface area contributed by atoms with Gasteiger partial charge in [0.25, 0.3) is 0 Å². The Morgan fingerprint density at radius 1 is 0.478 bits per heavy atom. The van der Waals surface area contributed by atoms with Gasteiger partial charge in [-0.15, -0.1) is 0 Å². The van der Waals surface area contributed by atoms with Crippen LogP contribution in [0.15, 0.2) is 121 Å². The molecule has 1 nitrogen and oxygen atoms in total. The quantitative estimate of drug-likeness (QED) is 0.176. The van der Waals surface area contributed by atoms with Crippen LogP contribution in [-0.2, 0) is 19.9 Å². The summed E-state index contributed by atoms with van der Waals surface area (Å²) < 4.78 is 2.12.